The molecule has 4 nitrogen and oxygen atoms in total. The SMILES string of the molecule is Cc1ccc(CC(=O)N/N=C/c2ccccc2OCc2ccccc2)cc1C. The summed E-state index contributed by atoms with van der Waals surface area (Å²) in [4.78, 5) is 12.1. The van der Waals surface area contributed by atoms with E-state index in [1.54, 1.807) is 6.21 Å². The van der Waals surface area contributed by atoms with Gasteiger partial charge in [0, 0.05) is 5.56 Å². The lowest BCUT2D eigenvalue weighted by molar-refractivity contribution is -0.120. The summed E-state index contributed by atoms with van der Waals surface area (Å²) in [5, 5.41) is 4.09. The van der Waals surface area contributed by atoms with Crippen LogP contribution < -0.4 is 10.2 Å². The summed E-state index contributed by atoms with van der Waals surface area (Å²) in [5.74, 6) is 0.570. The van der Waals surface area contributed by atoms with Crippen LogP contribution in [0.15, 0.2) is 77.9 Å². The van der Waals surface area contributed by atoms with Crippen molar-refractivity contribution in [3.05, 3.63) is 101 Å². The van der Waals surface area contributed by atoms with Crippen molar-refractivity contribution >= 4 is 12.1 Å². The van der Waals surface area contributed by atoms with Gasteiger partial charge in [-0.25, -0.2) is 5.43 Å². The molecule has 4 heteroatoms. The lowest BCUT2D eigenvalue weighted by Gasteiger charge is -2.09. The first-order valence-electron chi connectivity index (χ1n) is 9.25. The summed E-state index contributed by atoms with van der Waals surface area (Å²) in [7, 11) is 0. The normalized spacial score (nSPS) is 10.8. The number of nitrogens with one attached hydrogen (secondary N) is 1. The molecule has 0 atom stereocenters. The summed E-state index contributed by atoms with van der Waals surface area (Å²) < 4.78 is 5.90. The van der Waals surface area contributed by atoms with Crippen molar-refractivity contribution in [2.24, 2.45) is 5.10 Å². The van der Waals surface area contributed by atoms with E-state index in [4.69, 9.17) is 4.74 Å². The molecule has 0 saturated carbocycles. The number of benzene rings is 3. The molecule has 0 heterocycles. The minimum atomic E-state index is -0.151. The number of hydrogen-bond donors (Lipinski definition) is 1. The van der Waals surface area contributed by atoms with E-state index in [1.165, 1.54) is 11.1 Å². The van der Waals surface area contributed by atoms with Crippen LogP contribution in [0.4, 0.5) is 0 Å². The zero-order chi connectivity index (χ0) is 19.8. The number of amides is 1. The van der Waals surface area contributed by atoms with Crippen LogP contribution in [0, 0.1) is 13.8 Å². The second kappa shape index (κ2) is 9.51. The van der Waals surface area contributed by atoms with Crippen molar-refractivity contribution in [3.8, 4) is 5.75 Å². The van der Waals surface area contributed by atoms with Gasteiger partial charge in [0.15, 0.2) is 0 Å². The van der Waals surface area contributed by atoms with Crippen molar-refractivity contribution in [1.82, 2.24) is 5.43 Å². The molecule has 3 aromatic rings. The van der Waals surface area contributed by atoms with Gasteiger partial charge in [-0.1, -0.05) is 60.7 Å². The molecule has 0 aromatic heterocycles. The maximum absolute atomic E-state index is 12.1. The van der Waals surface area contributed by atoms with Crippen LogP contribution in [0.25, 0.3) is 0 Å². The molecule has 0 bridgehead atoms. The van der Waals surface area contributed by atoms with E-state index in [1.807, 2.05) is 79.7 Å². The van der Waals surface area contributed by atoms with Crippen LogP contribution in [-0.2, 0) is 17.8 Å². The van der Waals surface area contributed by atoms with Gasteiger partial charge >= 0.3 is 0 Å². The number of hydrogen-bond acceptors (Lipinski definition) is 3. The summed E-state index contributed by atoms with van der Waals surface area (Å²) in [6, 6.07) is 23.6. The molecule has 0 aliphatic rings. The number of nitrogens with zero attached hydrogens (tertiary/aromatic N) is 1. The zero-order valence-electron chi connectivity index (χ0n) is 16.2. The number of carbonyl (C=O) groups is 1. The van der Waals surface area contributed by atoms with Crippen molar-refractivity contribution in [2.75, 3.05) is 0 Å². The Morgan fingerprint density at radius 2 is 1.68 bits per heavy atom. The van der Waals surface area contributed by atoms with Crippen LogP contribution in [0.2, 0.25) is 0 Å². The molecule has 0 spiro atoms. The average molecular weight is 372 g/mol. The van der Waals surface area contributed by atoms with Gasteiger partial charge < -0.3 is 4.74 Å². The minimum absolute atomic E-state index is 0.151. The second-order valence-corrected chi connectivity index (χ2v) is 6.70. The van der Waals surface area contributed by atoms with Crippen molar-refractivity contribution in [3.63, 3.8) is 0 Å². The van der Waals surface area contributed by atoms with Gasteiger partial charge in [-0.2, -0.15) is 5.10 Å². The van der Waals surface area contributed by atoms with E-state index in [9.17, 15) is 4.79 Å². The van der Waals surface area contributed by atoms with Gasteiger partial charge in [-0.15, -0.1) is 0 Å². The molecular formula is C24H24N2O2. The maximum atomic E-state index is 12.1. The Morgan fingerprint density at radius 3 is 2.46 bits per heavy atom. The Kier molecular flexibility index (Phi) is 6.58. The highest BCUT2D eigenvalue weighted by atomic mass is 16.5. The fourth-order valence-corrected chi connectivity index (χ4v) is 2.77. The van der Waals surface area contributed by atoms with E-state index in [0.29, 0.717) is 13.0 Å². The smallest absolute Gasteiger partial charge is 0.244 e. The minimum Gasteiger partial charge on any atom is -0.488 e. The van der Waals surface area contributed by atoms with Crippen molar-refractivity contribution < 1.29 is 9.53 Å². The van der Waals surface area contributed by atoms with E-state index < -0.39 is 0 Å². The quantitative estimate of drug-likeness (QED) is 0.488. The van der Waals surface area contributed by atoms with Gasteiger partial charge in [-0.3, -0.25) is 4.79 Å². The third kappa shape index (κ3) is 5.55. The predicted octanol–water partition coefficient (Wildman–Crippen LogP) is 4.58. The average Bonchev–Trinajstić information content (AvgIpc) is 2.71. The number of aryl methyl sites for hydroxylation is 2. The molecule has 0 aliphatic carbocycles. The topological polar surface area (TPSA) is 50.7 Å². The lowest BCUT2D eigenvalue weighted by atomic mass is 10.0. The predicted molar refractivity (Wildman–Crippen MR) is 113 cm³/mol. The first kappa shape index (κ1) is 19.4. The zero-order valence-corrected chi connectivity index (χ0v) is 16.2. The number of ether oxygens (including phenoxy) is 1. The number of hydrazone groups is 1. The number of rotatable bonds is 7. The van der Waals surface area contributed by atoms with E-state index in [-0.39, 0.29) is 5.91 Å². The monoisotopic (exact) mass is 372 g/mol. The standard InChI is InChI=1S/C24H24N2O2/c1-18-12-13-21(14-19(18)2)15-24(27)26-25-16-22-10-6-7-11-23(22)28-17-20-8-4-3-5-9-20/h3-14,16H,15,17H2,1-2H3,(H,26,27)/b25-16+. The molecule has 142 valence electrons. The molecule has 3 aromatic carbocycles. The summed E-state index contributed by atoms with van der Waals surface area (Å²) in [6.07, 6.45) is 1.91. The van der Waals surface area contributed by atoms with Crippen molar-refractivity contribution in [2.45, 2.75) is 26.9 Å². The Labute approximate surface area is 165 Å². The summed E-state index contributed by atoms with van der Waals surface area (Å²) >= 11 is 0. The fourth-order valence-electron chi connectivity index (χ4n) is 2.77. The first-order valence-corrected chi connectivity index (χ1v) is 9.25. The number of carbonyl (C=O) groups excluding carboxylic acids is 1. The fraction of sp³-hybridized carbons (Fsp3) is 0.167. The van der Waals surface area contributed by atoms with Crippen LogP contribution >= 0.6 is 0 Å². The van der Waals surface area contributed by atoms with Gasteiger partial charge in [0.2, 0.25) is 5.91 Å². The van der Waals surface area contributed by atoms with Crippen LogP contribution in [0.1, 0.15) is 27.8 Å². The second-order valence-electron chi connectivity index (χ2n) is 6.70. The van der Waals surface area contributed by atoms with Gasteiger partial charge in [-0.05, 0) is 48.2 Å². The highest BCUT2D eigenvalue weighted by Gasteiger charge is 2.05. The molecule has 3 rings (SSSR count). The lowest BCUT2D eigenvalue weighted by Crippen LogP contribution is -2.19. The largest absolute Gasteiger partial charge is 0.488 e. The molecule has 0 fully saturated rings. The molecule has 0 unspecified atom stereocenters. The third-order valence-corrected chi connectivity index (χ3v) is 4.49. The Bertz CT molecular complexity index is 965. The maximum Gasteiger partial charge on any atom is 0.244 e. The molecular weight excluding hydrogens is 348 g/mol. The van der Waals surface area contributed by atoms with Crippen LogP contribution in [0.3, 0.4) is 0 Å². The highest BCUT2D eigenvalue weighted by molar-refractivity contribution is 5.85. The summed E-state index contributed by atoms with van der Waals surface area (Å²) in [5.41, 5.74) is 7.86. The highest BCUT2D eigenvalue weighted by Crippen LogP contribution is 2.17. The molecule has 1 amide bonds. The Balaban J connectivity index is 1.57. The van der Waals surface area contributed by atoms with Gasteiger partial charge in [0.05, 0.1) is 12.6 Å². The van der Waals surface area contributed by atoms with Crippen molar-refractivity contribution in [1.29, 1.82) is 0 Å². The molecule has 28 heavy (non-hydrogen) atoms. The molecule has 0 aliphatic heterocycles. The van der Waals surface area contributed by atoms with Gasteiger partial charge in [0.1, 0.15) is 12.4 Å². The summed E-state index contributed by atoms with van der Waals surface area (Å²) in [6.45, 7) is 4.58. The van der Waals surface area contributed by atoms with E-state index in [2.05, 4.69) is 17.5 Å². The Morgan fingerprint density at radius 1 is 0.929 bits per heavy atom. The van der Waals surface area contributed by atoms with Crippen LogP contribution in [-0.4, -0.2) is 12.1 Å². The molecule has 0 radical (unpaired) electrons. The van der Waals surface area contributed by atoms with E-state index in [0.717, 1.165) is 22.4 Å². The molecule has 0 saturated heterocycles. The first-order chi connectivity index (χ1) is 13.6. The number of para-hydroxylation sites is 1. The Hall–Kier alpha value is -3.40. The van der Waals surface area contributed by atoms with Crippen LogP contribution in [0.5, 0.6) is 5.75 Å². The van der Waals surface area contributed by atoms with Gasteiger partial charge in [0.25, 0.3) is 0 Å². The third-order valence-electron chi connectivity index (χ3n) is 4.49. The molecule has 1 N–H and O–H groups in total. The van der Waals surface area contributed by atoms with E-state index >= 15 is 0 Å².